The number of halogens is 6. The van der Waals surface area contributed by atoms with Crippen molar-refractivity contribution in [1.29, 1.82) is 0 Å². The lowest BCUT2D eigenvalue weighted by atomic mass is 10.1. The molecule has 0 unspecified atom stereocenters. The van der Waals surface area contributed by atoms with E-state index in [0.29, 0.717) is 11.3 Å². The molecule has 190 valence electrons. The van der Waals surface area contributed by atoms with E-state index in [-0.39, 0.29) is 11.6 Å². The van der Waals surface area contributed by atoms with Gasteiger partial charge in [0, 0.05) is 17.7 Å². The van der Waals surface area contributed by atoms with E-state index in [0.717, 1.165) is 18.2 Å². The maximum absolute atomic E-state index is 13.0. The zero-order valence-corrected chi connectivity index (χ0v) is 18.2. The first-order valence-corrected chi connectivity index (χ1v) is 9.61. The predicted octanol–water partition coefficient (Wildman–Crippen LogP) is 4.91. The van der Waals surface area contributed by atoms with Crippen LogP contribution in [0, 0.1) is 0 Å². The number of benzene rings is 2. The molecule has 0 bridgehead atoms. The number of hydroxylamine groups is 1. The number of alkyl halides is 6. The van der Waals surface area contributed by atoms with Gasteiger partial charge >= 0.3 is 18.3 Å². The molecule has 13 heteroatoms. The number of carboxylic acid groups (broad SMARTS) is 1. The molecule has 0 aliphatic carbocycles. The summed E-state index contributed by atoms with van der Waals surface area (Å²) in [6, 6.07) is 10.5. The monoisotopic (exact) mass is 506 g/mol. The molecule has 0 aromatic heterocycles. The highest BCUT2D eigenvalue weighted by atomic mass is 19.4. The number of carbonyl (C=O) groups is 3. The summed E-state index contributed by atoms with van der Waals surface area (Å²) in [5.74, 6) is -4.11. The fraction of sp³-hybridized carbons (Fsp3) is 0.227. The Morgan fingerprint density at radius 3 is 2.03 bits per heavy atom. The quantitative estimate of drug-likeness (QED) is 0.231. The van der Waals surface area contributed by atoms with Gasteiger partial charge in [0.15, 0.2) is 0 Å². The molecule has 0 spiro atoms. The fourth-order valence-electron chi connectivity index (χ4n) is 2.64. The van der Waals surface area contributed by atoms with Gasteiger partial charge in [-0.05, 0) is 49.8 Å². The van der Waals surface area contributed by atoms with Crippen molar-refractivity contribution in [2.75, 3.05) is 4.90 Å². The molecule has 3 N–H and O–H groups in total. The highest BCUT2D eigenvalue weighted by molar-refractivity contribution is 6.07. The van der Waals surface area contributed by atoms with Crippen LogP contribution in [0.3, 0.4) is 0 Å². The molecule has 2 amide bonds. The summed E-state index contributed by atoms with van der Waals surface area (Å²) in [4.78, 5) is 34.5. The van der Waals surface area contributed by atoms with Crippen LogP contribution in [0.2, 0.25) is 0 Å². The van der Waals surface area contributed by atoms with Crippen LogP contribution >= 0.6 is 0 Å². The number of anilines is 1. The summed E-state index contributed by atoms with van der Waals surface area (Å²) >= 11 is 0. The van der Waals surface area contributed by atoms with Crippen molar-refractivity contribution >= 4 is 29.5 Å². The second-order valence-electron chi connectivity index (χ2n) is 7.02. The van der Waals surface area contributed by atoms with Crippen LogP contribution in [0.25, 0.3) is 6.08 Å². The van der Waals surface area contributed by atoms with Crippen molar-refractivity contribution in [3.8, 4) is 0 Å². The smallest absolute Gasteiger partial charge is 0.475 e. The fourth-order valence-corrected chi connectivity index (χ4v) is 2.64. The Morgan fingerprint density at radius 1 is 0.971 bits per heavy atom. The van der Waals surface area contributed by atoms with Crippen LogP contribution in [0.15, 0.2) is 54.6 Å². The molecule has 0 aliphatic heterocycles. The van der Waals surface area contributed by atoms with Gasteiger partial charge < -0.3 is 10.0 Å². The van der Waals surface area contributed by atoms with Crippen molar-refractivity contribution < 1.29 is 51.0 Å². The van der Waals surface area contributed by atoms with Crippen LogP contribution in [0.5, 0.6) is 0 Å². The Hall–Kier alpha value is -3.87. The van der Waals surface area contributed by atoms with Crippen molar-refractivity contribution in [2.24, 2.45) is 0 Å². The standard InChI is InChI=1S/C20H19F3N2O3.C2HF3O2/c1-13(2)25(17-9-4-3-6-14(17)10-11-18(26)24-28)19(27)15-7-5-8-16(12-15)20(21,22)23;3-2(4,5)1(6)7/h3-13,28H,1-2H3,(H,24,26);(H,6,7). The lowest BCUT2D eigenvalue weighted by Crippen LogP contribution is -2.37. The highest BCUT2D eigenvalue weighted by Crippen LogP contribution is 2.31. The summed E-state index contributed by atoms with van der Waals surface area (Å²) < 4.78 is 70.7. The van der Waals surface area contributed by atoms with Crippen LogP contribution in [0.4, 0.5) is 32.0 Å². The normalized spacial score (nSPS) is 11.6. The van der Waals surface area contributed by atoms with Crippen molar-refractivity contribution in [3.05, 3.63) is 71.3 Å². The minimum atomic E-state index is -5.08. The summed E-state index contributed by atoms with van der Waals surface area (Å²) in [6.07, 6.45) is -7.17. The number of rotatable bonds is 5. The van der Waals surface area contributed by atoms with E-state index in [1.807, 2.05) is 0 Å². The number of nitrogens with zero attached hydrogens (tertiary/aromatic N) is 1. The molecule has 2 aromatic rings. The summed E-state index contributed by atoms with van der Waals surface area (Å²) in [5, 5.41) is 15.7. The topological polar surface area (TPSA) is 107 Å². The number of para-hydroxylation sites is 1. The van der Waals surface area contributed by atoms with E-state index in [1.165, 1.54) is 28.6 Å². The van der Waals surface area contributed by atoms with Gasteiger partial charge in [0.2, 0.25) is 0 Å². The summed E-state index contributed by atoms with van der Waals surface area (Å²) in [6.45, 7) is 3.46. The zero-order valence-electron chi connectivity index (χ0n) is 18.2. The number of aliphatic carboxylic acids is 1. The first-order chi connectivity index (χ1) is 16.1. The largest absolute Gasteiger partial charge is 0.490 e. The molecule has 0 fully saturated rings. The molecule has 0 aliphatic rings. The Morgan fingerprint density at radius 2 is 1.54 bits per heavy atom. The third kappa shape index (κ3) is 8.77. The average Bonchev–Trinajstić information content (AvgIpc) is 2.77. The molecule has 7 nitrogen and oxygen atoms in total. The number of carbonyl (C=O) groups excluding carboxylic acids is 2. The molecule has 35 heavy (non-hydrogen) atoms. The van der Waals surface area contributed by atoms with E-state index in [1.54, 1.807) is 38.1 Å². The van der Waals surface area contributed by atoms with Crippen LogP contribution in [-0.2, 0) is 15.8 Å². The van der Waals surface area contributed by atoms with Crippen LogP contribution < -0.4 is 10.4 Å². The van der Waals surface area contributed by atoms with E-state index in [9.17, 15) is 35.9 Å². The molecule has 0 atom stereocenters. The third-order valence-electron chi connectivity index (χ3n) is 4.14. The second-order valence-corrected chi connectivity index (χ2v) is 7.02. The molecule has 2 aromatic carbocycles. The molecule has 2 rings (SSSR count). The van der Waals surface area contributed by atoms with Gasteiger partial charge in [-0.1, -0.05) is 24.3 Å². The molecular weight excluding hydrogens is 486 g/mol. The van der Waals surface area contributed by atoms with Gasteiger partial charge in [0.25, 0.3) is 11.8 Å². The summed E-state index contributed by atoms with van der Waals surface area (Å²) in [5.41, 5.74) is 1.36. The summed E-state index contributed by atoms with van der Waals surface area (Å²) in [7, 11) is 0. The SMILES string of the molecule is CC(C)N(C(=O)c1cccc(C(F)(F)F)c1)c1ccccc1C=CC(=O)NO.O=C(O)C(F)(F)F. The minimum Gasteiger partial charge on any atom is -0.475 e. The number of amides is 2. The number of hydrogen-bond acceptors (Lipinski definition) is 4. The Bertz CT molecular complexity index is 1080. The maximum Gasteiger partial charge on any atom is 0.490 e. The maximum atomic E-state index is 13.0. The first-order valence-electron chi connectivity index (χ1n) is 9.61. The van der Waals surface area contributed by atoms with Crippen molar-refractivity contribution in [2.45, 2.75) is 32.2 Å². The molecule has 0 saturated carbocycles. The number of nitrogens with one attached hydrogen (secondary N) is 1. The lowest BCUT2D eigenvalue weighted by Gasteiger charge is -2.28. The Labute approximate surface area is 195 Å². The molecular formula is C22H20F6N2O5. The Kier molecular flexibility index (Phi) is 10.0. The molecule has 0 heterocycles. The van der Waals surface area contributed by atoms with Crippen LogP contribution in [0.1, 0.15) is 35.3 Å². The van der Waals surface area contributed by atoms with Gasteiger partial charge in [-0.15, -0.1) is 0 Å². The van der Waals surface area contributed by atoms with Gasteiger partial charge in [-0.3, -0.25) is 14.8 Å². The van der Waals surface area contributed by atoms with E-state index < -0.39 is 35.7 Å². The number of hydrogen-bond donors (Lipinski definition) is 3. The Balaban J connectivity index is 0.000000762. The minimum absolute atomic E-state index is 0.101. The van der Waals surface area contributed by atoms with Gasteiger partial charge in [-0.2, -0.15) is 26.3 Å². The highest BCUT2D eigenvalue weighted by Gasteiger charge is 2.38. The number of carboxylic acids is 1. The van der Waals surface area contributed by atoms with Crippen molar-refractivity contribution in [1.82, 2.24) is 5.48 Å². The zero-order chi connectivity index (χ0) is 27.0. The second kappa shape index (κ2) is 12.0. The lowest BCUT2D eigenvalue weighted by molar-refractivity contribution is -0.192. The molecule has 0 radical (unpaired) electrons. The molecule has 0 saturated heterocycles. The van der Waals surface area contributed by atoms with E-state index in [2.05, 4.69) is 0 Å². The van der Waals surface area contributed by atoms with Gasteiger partial charge in [-0.25, -0.2) is 10.3 Å². The average molecular weight is 506 g/mol. The van der Waals surface area contributed by atoms with Gasteiger partial charge in [0.1, 0.15) is 0 Å². The van der Waals surface area contributed by atoms with E-state index in [4.69, 9.17) is 15.1 Å². The van der Waals surface area contributed by atoms with Crippen molar-refractivity contribution in [3.63, 3.8) is 0 Å². The first kappa shape index (κ1) is 29.2. The third-order valence-corrected chi connectivity index (χ3v) is 4.14. The predicted molar refractivity (Wildman–Crippen MR) is 112 cm³/mol. The van der Waals surface area contributed by atoms with E-state index >= 15 is 0 Å². The van der Waals surface area contributed by atoms with Crippen LogP contribution in [-0.4, -0.2) is 40.3 Å². The van der Waals surface area contributed by atoms with Gasteiger partial charge in [0.05, 0.1) is 11.3 Å².